The molecule has 4 rings (SSSR count). The molecule has 1 amide bonds. The van der Waals surface area contributed by atoms with E-state index < -0.39 is 0 Å². The Bertz CT molecular complexity index is 1190. The molecule has 1 saturated heterocycles. The van der Waals surface area contributed by atoms with E-state index in [1.54, 1.807) is 4.90 Å². The van der Waals surface area contributed by atoms with E-state index in [-0.39, 0.29) is 5.91 Å². The minimum absolute atomic E-state index is 0.114. The Morgan fingerprint density at radius 1 is 0.917 bits per heavy atom. The van der Waals surface area contributed by atoms with Gasteiger partial charge in [0, 0.05) is 6.54 Å². The molecule has 0 radical (unpaired) electrons. The number of thioether (sulfide) groups is 1. The van der Waals surface area contributed by atoms with Crippen molar-refractivity contribution in [3.8, 4) is 5.75 Å². The topological polar surface area (TPSA) is 32.8 Å². The fourth-order valence-corrected chi connectivity index (χ4v) is 5.22. The molecule has 0 bridgehead atoms. The van der Waals surface area contributed by atoms with Gasteiger partial charge in [-0.25, -0.2) is 0 Å². The summed E-state index contributed by atoms with van der Waals surface area (Å²) in [5, 5.41) is 0. The Kier molecular flexibility index (Phi) is 9.11. The summed E-state index contributed by atoms with van der Waals surface area (Å²) in [7, 11) is 0. The number of amides is 1. The minimum atomic E-state index is -0.114. The van der Waals surface area contributed by atoms with Crippen LogP contribution in [0.2, 0.25) is 0 Å². The lowest BCUT2D eigenvalue weighted by Crippen LogP contribution is -2.28. The van der Waals surface area contributed by atoms with E-state index in [1.807, 2.05) is 72.8 Å². The zero-order chi connectivity index (χ0) is 25.3. The molecule has 0 saturated carbocycles. The lowest BCUT2D eigenvalue weighted by molar-refractivity contribution is -0.113. The van der Waals surface area contributed by atoms with Crippen LogP contribution in [0.1, 0.15) is 25.0 Å². The average molecular weight is 515 g/mol. The first-order valence-corrected chi connectivity index (χ1v) is 13.4. The molecule has 0 aromatic heterocycles. The summed E-state index contributed by atoms with van der Waals surface area (Å²) in [4.78, 5) is 17.8. The molecule has 0 spiro atoms. The minimum Gasteiger partial charge on any atom is -0.492 e. The van der Waals surface area contributed by atoms with Gasteiger partial charge in [0.1, 0.15) is 12.4 Å². The van der Waals surface area contributed by atoms with Crippen LogP contribution in [-0.2, 0) is 4.79 Å². The third-order valence-corrected chi connectivity index (χ3v) is 7.35. The summed E-state index contributed by atoms with van der Waals surface area (Å²) in [6.07, 6.45) is 3.88. The number of thiocarbonyl (C=S) groups is 1. The fraction of sp³-hybridized carbons (Fsp3) is 0.200. The Labute approximate surface area is 223 Å². The maximum absolute atomic E-state index is 13.3. The van der Waals surface area contributed by atoms with E-state index in [0.717, 1.165) is 47.8 Å². The van der Waals surface area contributed by atoms with Gasteiger partial charge in [0.05, 0.1) is 10.6 Å². The lowest BCUT2D eigenvalue weighted by Gasteiger charge is -2.18. The maximum atomic E-state index is 13.3. The van der Waals surface area contributed by atoms with Crippen molar-refractivity contribution in [1.29, 1.82) is 0 Å². The van der Waals surface area contributed by atoms with Crippen LogP contribution in [0.25, 0.3) is 5.57 Å². The normalized spacial score (nSPS) is 14.5. The molecular formula is C30H30N2O2S2. The summed E-state index contributed by atoms with van der Waals surface area (Å²) >= 11 is 6.89. The van der Waals surface area contributed by atoms with Crippen LogP contribution >= 0.6 is 24.0 Å². The summed E-state index contributed by atoms with van der Waals surface area (Å²) in [6.45, 7) is 7.82. The molecule has 0 atom stereocenters. The third-order valence-electron chi connectivity index (χ3n) is 6.03. The predicted molar refractivity (Wildman–Crippen MR) is 155 cm³/mol. The van der Waals surface area contributed by atoms with Crippen molar-refractivity contribution in [1.82, 2.24) is 4.90 Å². The molecule has 0 N–H and O–H groups in total. The first-order chi connectivity index (χ1) is 17.6. The van der Waals surface area contributed by atoms with E-state index in [9.17, 15) is 4.79 Å². The van der Waals surface area contributed by atoms with E-state index in [1.165, 1.54) is 11.8 Å². The fourth-order valence-electron chi connectivity index (χ4n) is 3.98. The molecule has 6 heteroatoms. The highest BCUT2D eigenvalue weighted by Crippen LogP contribution is 2.36. The molecular weight excluding hydrogens is 484 g/mol. The molecule has 36 heavy (non-hydrogen) atoms. The monoisotopic (exact) mass is 514 g/mol. The van der Waals surface area contributed by atoms with Crippen LogP contribution in [0.15, 0.2) is 102 Å². The van der Waals surface area contributed by atoms with Crippen molar-refractivity contribution < 1.29 is 9.53 Å². The number of hydrogen-bond donors (Lipinski definition) is 0. The molecule has 0 unspecified atom stereocenters. The van der Waals surface area contributed by atoms with Crippen molar-refractivity contribution in [3.05, 3.63) is 113 Å². The molecule has 1 fully saturated rings. The second kappa shape index (κ2) is 12.7. The zero-order valence-corrected chi connectivity index (χ0v) is 22.2. The Morgan fingerprint density at radius 3 is 2.06 bits per heavy atom. The first kappa shape index (κ1) is 25.9. The van der Waals surface area contributed by atoms with Crippen LogP contribution in [0.5, 0.6) is 5.75 Å². The smallest absolute Gasteiger partial charge is 0.270 e. The van der Waals surface area contributed by atoms with Crippen LogP contribution < -0.4 is 9.64 Å². The van der Waals surface area contributed by atoms with Crippen molar-refractivity contribution in [2.75, 3.05) is 31.1 Å². The lowest BCUT2D eigenvalue weighted by atomic mass is 9.97. The number of carbonyl (C=O) groups excluding carboxylic acids is 1. The molecule has 0 aliphatic carbocycles. The second-order valence-electron chi connectivity index (χ2n) is 8.22. The van der Waals surface area contributed by atoms with Gasteiger partial charge >= 0.3 is 0 Å². The van der Waals surface area contributed by atoms with Gasteiger partial charge in [0.25, 0.3) is 5.91 Å². The van der Waals surface area contributed by atoms with Crippen molar-refractivity contribution in [2.24, 2.45) is 0 Å². The van der Waals surface area contributed by atoms with Crippen LogP contribution in [-0.4, -0.2) is 41.4 Å². The molecule has 1 aliphatic heterocycles. The quantitative estimate of drug-likeness (QED) is 0.220. The summed E-state index contributed by atoms with van der Waals surface area (Å²) in [5.41, 5.74) is 3.97. The van der Waals surface area contributed by atoms with Gasteiger partial charge in [-0.2, -0.15) is 0 Å². The van der Waals surface area contributed by atoms with E-state index in [0.29, 0.717) is 15.8 Å². The Morgan fingerprint density at radius 2 is 1.50 bits per heavy atom. The molecule has 1 aliphatic rings. The van der Waals surface area contributed by atoms with Gasteiger partial charge in [-0.3, -0.25) is 9.69 Å². The van der Waals surface area contributed by atoms with Crippen molar-refractivity contribution in [3.63, 3.8) is 0 Å². The highest BCUT2D eigenvalue weighted by atomic mass is 32.2. The average Bonchev–Trinajstić information content (AvgIpc) is 3.21. The summed E-state index contributed by atoms with van der Waals surface area (Å²) in [5.74, 6) is 0.669. The molecule has 3 aromatic rings. The van der Waals surface area contributed by atoms with Gasteiger partial charge in [0.15, 0.2) is 4.32 Å². The number of ether oxygens (including phenoxy) is 1. The highest BCUT2D eigenvalue weighted by molar-refractivity contribution is 8.27. The number of hydrogen-bond acceptors (Lipinski definition) is 5. The van der Waals surface area contributed by atoms with Gasteiger partial charge in [0.2, 0.25) is 0 Å². The molecule has 1 heterocycles. The number of likely N-dealkylation sites (N-methyl/N-ethyl adjacent to an activating group) is 1. The van der Waals surface area contributed by atoms with E-state index in [4.69, 9.17) is 17.0 Å². The SMILES string of the molecule is CCN(CC)CCOc1ccc(N2C(=O)/C(=C/C=C(c3ccccc3)c3ccccc3)SC2=S)cc1. The number of rotatable bonds is 10. The third kappa shape index (κ3) is 6.32. The van der Waals surface area contributed by atoms with Crippen LogP contribution in [0.4, 0.5) is 5.69 Å². The largest absolute Gasteiger partial charge is 0.492 e. The molecule has 4 nitrogen and oxygen atoms in total. The number of carbonyl (C=O) groups is 1. The Balaban J connectivity index is 1.50. The van der Waals surface area contributed by atoms with Crippen molar-refractivity contribution >= 4 is 45.5 Å². The molecule has 184 valence electrons. The number of allylic oxidation sites excluding steroid dienone is 2. The molecule has 3 aromatic carbocycles. The van der Waals surface area contributed by atoms with Crippen molar-refractivity contribution in [2.45, 2.75) is 13.8 Å². The van der Waals surface area contributed by atoms with Gasteiger partial charge < -0.3 is 9.64 Å². The van der Waals surface area contributed by atoms with Crippen LogP contribution in [0, 0.1) is 0 Å². The van der Waals surface area contributed by atoms with Gasteiger partial charge in [-0.05, 0) is 60.1 Å². The summed E-state index contributed by atoms with van der Waals surface area (Å²) < 4.78 is 6.40. The number of anilines is 1. The van der Waals surface area contributed by atoms with Gasteiger partial charge in [-0.1, -0.05) is 105 Å². The second-order valence-corrected chi connectivity index (χ2v) is 9.90. The van der Waals surface area contributed by atoms with E-state index in [2.05, 4.69) is 43.0 Å². The van der Waals surface area contributed by atoms with Crippen LogP contribution in [0.3, 0.4) is 0 Å². The zero-order valence-electron chi connectivity index (χ0n) is 20.6. The Hall–Kier alpha value is -3.19. The maximum Gasteiger partial charge on any atom is 0.270 e. The number of benzene rings is 3. The standard InChI is InChI=1S/C30H30N2O2S2/c1-3-31(4-2)21-22-34-26-17-15-25(16-18-26)32-29(33)28(36-30(32)35)20-19-27(23-11-7-5-8-12-23)24-13-9-6-10-14-24/h5-20H,3-4,21-22H2,1-2H3/b28-20-. The van der Waals surface area contributed by atoms with E-state index >= 15 is 0 Å². The highest BCUT2D eigenvalue weighted by Gasteiger charge is 2.33. The number of nitrogens with zero attached hydrogens (tertiary/aromatic N) is 2. The first-order valence-electron chi connectivity index (χ1n) is 12.1. The predicted octanol–water partition coefficient (Wildman–Crippen LogP) is 6.79. The van der Waals surface area contributed by atoms with Gasteiger partial charge in [-0.15, -0.1) is 0 Å². The summed E-state index contributed by atoms with van der Waals surface area (Å²) in [6, 6.07) is 27.9.